The van der Waals surface area contributed by atoms with Crippen molar-refractivity contribution in [3.63, 3.8) is 0 Å². The predicted octanol–water partition coefficient (Wildman–Crippen LogP) is 3.08. The number of aromatic amines is 1. The Kier molecular flexibility index (Phi) is 4.81. The number of nitrogens with one attached hydrogen (secondary N) is 2. The molecule has 2 N–H and O–H groups in total. The topological polar surface area (TPSA) is 71.9 Å². The van der Waals surface area contributed by atoms with E-state index in [0.29, 0.717) is 18.2 Å². The van der Waals surface area contributed by atoms with Gasteiger partial charge in [0.2, 0.25) is 0 Å². The first-order valence-electron chi connectivity index (χ1n) is 9.25. The van der Waals surface area contributed by atoms with E-state index in [-0.39, 0.29) is 5.97 Å². The molecule has 1 aromatic carbocycles. The number of carbonyl (C=O) groups excluding carboxylic acids is 1. The Morgan fingerprint density at radius 2 is 2.19 bits per heavy atom. The zero-order chi connectivity index (χ0) is 18.8. The quantitative estimate of drug-likeness (QED) is 0.683. The Labute approximate surface area is 158 Å². The summed E-state index contributed by atoms with van der Waals surface area (Å²) in [4.78, 5) is 19.8. The summed E-state index contributed by atoms with van der Waals surface area (Å²) >= 11 is 0. The third-order valence-corrected chi connectivity index (χ3v) is 5.12. The van der Waals surface area contributed by atoms with Crippen LogP contribution in [0.15, 0.2) is 42.6 Å². The standard InChI is InChI=1S/C21H24N4O2/c1-14-18(21(26)27-2)10-17(23-14)11-22-16-8-9-20-24-19(13-25(20)12-16)15-6-4-3-5-7-15/h3-7,10,13,16,22-23H,8-9,11-12H2,1-2H3. The maximum Gasteiger partial charge on any atom is 0.339 e. The molecular formula is C21H24N4O2. The average Bonchev–Trinajstić information content (AvgIpc) is 3.29. The zero-order valence-electron chi connectivity index (χ0n) is 15.7. The van der Waals surface area contributed by atoms with Crippen LogP contribution in [0.4, 0.5) is 0 Å². The molecule has 1 aliphatic rings. The molecule has 0 saturated carbocycles. The number of hydrogen-bond donors (Lipinski definition) is 2. The first-order valence-corrected chi connectivity index (χ1v) is 9.25. The second kappa shape index (κ2) is 7.40. The Morgan fingerprint density at radius 1 is 1.37 bits per heavy atom. The molecular weight excluding hydrogens is 340 g/mol. The second-order valence-electron chi connectivity index (χ2n) is 7.00. The summed E-state index contributed by atoms with van der Waals surface area (Å²) in [6, 6.07) is 12.5. The van der Waals surface area contributed by atoms with E-state index in [1.54, 1.807) is 0 Å². The maximum atomic E-state index is 11.7. The number of hydrogen-bond acceptors (Lipinski definition) is 4. The largest absolute Gasteiger partial charge is 0.465 e. The van der Waals surface area contributed by atoms with Gasteiger partial charge in [0.1, 0.15) is 5.82 Å². The second-order valence-corrected chi connectivity index (χ2v) is 7.00. The number of esters is 1. The van der Waals surface area contributed by atoms with Crippen molar-refractivity contribution in [1.29, 1.82) is 0 Å². The van der Waals surface area contributed by atoms with Crippen LogP contribution in [0.2, 0.25) is 0 Å². The number of benzene rings is 1. The number of aromatic nitrogens is 3. The Morgan fingerprint density at radius 3 is 2.96 bits per heavy atom. The molecule has 0 aliphatic carbocycles. The number of methoxy groups -OCH3 is 1. The van der Waals surface area contributed by atoms with Crippen LogP contribution < -0.4 is 5.32 Å². The van der Waals surface area contributed by atoms with E-state index in [1.165, 1.54) is 7.11 Å². The molecule has 0 bridgehead atoms. The van der Waals surface area contributed by atoms with Gasteiger partial charge in [-0.2, -0.15) is 0 Å². The van der Waals surface area contributed by atoms with Crippen molar-refractivity contribution >= 4 is 5.97 Å². The number of carbonyl (C=O) groups is 1. The number of nitrogens with zero attached hydrogens (tertiary/aromatic N) is 2. The minimum atomic E-state index is -0.302. The summed E-state index contributed by atoms with van der Waals surface area (Å²) < 4.78 is 7.07. The fourth-order valence-corrected chi connectivity index (χ4v) is 3.66. The third-order valence-electron chi connectivity index (χ3n) is 5.12. The maximum absolute atomic E-state index is 11.7. The van der Waals surface area contributed by atoms with Crippen molar-refractivity contribution in [3.05, 3.63) is 65.4 Å². The average molecular weight is 364 g/mol. The molecule has 0 saturated heterocycles. The molecule has 27 heavy (non-hydrogen) atoms. The van der Waals surface area contributed by atoms with E-state index in [2.05, 4.69) is 33.2 Å². The smallest absolute Gasteiger partial charge is 0.339 e. The molecule has 6 nitrogen and oxygen atoms in total. The summed E-state index contributed by atoms with van der Waals surface area (Å²) in [7, 11) is 1.40. The molecule has 0 radical (unpaired) electrons. The summed E-state index contributed by atoms with van der Waals surface area (Å²) in [5.74, 6) is 0.847. The highest BCUT2D eigenvalue weighted by Gasteiger charge is 2.21. The monoisotopic (exact) mass is 364 g/mol. The normalized spacial score (nSPS) is 16.1. The minimum absolute atomic E-state index is 0.302. The van der Waals surface area contributed by atoms with Crippen LogP contribution in [-0.2, 0) is 24.2 Å². The van der Waals surface area contributed by atoms with Gasteiger partial charge in [-0.1, -0.05) is 30.3 Å². The lowest BCUT2D eigenvalue weighted by atomic mass is 10.1. The molecule has 0 fully saturated rings. The van der Waals surface area contributed by atoms with Crippen molar-refractivity contribution in [2.75, 3.05) is 7.11 Å². The molecule has 3 aromatic rings. The lowest BCUT2D eigenvalue weighted by molar-refractivity contribution is 0.0600. The summed E-state index contributed by atoms with van der Waals surface area (Å²) in [5.41, 5.74) is 4.62. The highest BCUT2D eigenvalue weighted by Crippen LogP contribution is 2.22. The fourth-order valence-electron chi connectivity index (χ4n) is 3.66. The Balaban J connectivity index is 1.40. The van der Waals surface area contributed by atoms with Gasteiger partial charge in [-0.05, 0) is 19.4 Å². The van der Waals surface area contributed by atoms with Crippen LogP contribution in [0, 0.1) is 6.92 Å². The molecule has 140 valence electrons. The van der Waals surface area contributed by atoms with Crippen LogP contribution in [0.25, 0.3) is 11.3 Å². The van der Waals surface area contributed by atoms with Gasteiger partial charge in [0.05, 0.1) is 18.4 Å². The van der Waals surface area contributed by atoms with Gasteiger partial charge in [-0.15, -0.1) is 0 Å². The van der Waals surface area contributed by atoms with Crippen LogP contribution in [-0.4, -0.2) is 33.7 Å². The SMILES string of the molecule is COC(=O)c1cc(CNC2CCc3nc(-c4ccccc4)cn3C2)[nH]c1C. The van der Waals surface area contributed by atoms with Crippen molar-refractivity contribution in [1.82, 2.24) is 19.9 Å². The molecule has 2 aromatic heterocycles. The number of rotatable bonds is 5. The van der Waals surface area contributed by atoms with Crippen LogP contribution in [0.1, 0.15) is 34.0 Å². The Bertz CT molecular complexity index is 943. The molecule has 4 rings (SSSR count). The lowest BCUT2D eigenvalue weighted by Gasteiger charge is -2.24. The van der Waals surface area contributed by atoms with Gasteiger partial charge in [0.15, 0.2) is 0 Å². The summed E-state index contributed by atoms with van der Waals surface area (Å²) in [6.07, 6.45) is 4.16. The minimum Gasteiger partial charge on any atom is -0.465 e. The number of imidazole rings is 1. The van der Waals surface area contributed by atoms with Crippen LogP contribution in [0.5, 0.6) is 0 Å². The molecule has 0 spiro atoms. The molecule has 6 heteroatoms. The van der Waals surface area contributed by atoms with E-state index in [9.17, 15) is 4.79 Å². The van der Waals surface area contributed by atoms with Gasteiger partial charge >= 0.3 is 5.97 Å². The lowest BCUT2D eigenvalue weighted by Crippen LogP contribution is -2.36. The zero-order valence-corrected chi connectivity index (χ0v) is 15.7. The molecule has 1 aliphatic heterocycles. The van der Waals surface area contributed by atoms with Gasteiger partial charge < -0.3 is 19.6 Å². The Hall–Kier alpha value is -2.86. The molecule has 1 atom stereocenters. The third kappa shape index (κ3) is 3.66. The number of fused-ring (bicyclic) bond motifs is 1. The molecule has 0 amide bonds. The molecule has 3 heterocycles. The number of aryl methyl sites for hydroxylation is 2. The summed E-state index contributed by atoms with van der Waals surface area (Å²) in [6.45, 7) is 3.48. The highest BCUT2D eigenvalue weighted by atomic mass is 16.5. The van der Waals surface area contributed by atoms with Gasteiger partial charge in [0.25, 0.3) is 0 Å². The van der Waals surface area contributed by atoms with E-state index >= 15 is 0 Å². The van der Waals surface area contributed by atoms with Crippen molar-refractivity contribution in [2.24, 2.45) is 0 Å². The van der Waals surface area contributed by atoms with Crippen molar-refractivity contribution in [3.8, 4) is 11.3 Å². The van der Waals surface area contributed by atoms with Crippen LogP contribution >= 0.6 is 0 Å². The van der Waals surface area contributed by atoms with Crippen molar-refractivity contribution in [2.45, 2.75) is 38.9 Å². The van der Waals surface area contributed by atoms with E-state index in [1.807, 2.05) is 31.2 Å². The highest BCUT2D eigenvalue weighted by molar-refractivity contribution is 5.90. The van der Waals surface area contributed by atoms with Gasteiger partial charge in [0, 0.05) is 48.7 Å². The fraction of sp³-hybridized carbons (Fsp3) is 0.333. The first kappa shape index (κ1) is 17.5. The number of H-pyrrole nitrogens is 1. The van der Waals surface area contributed by atoms with Crippen molar-refractivity contribution < 1.29 is 9.53 Å². The van der Waals surface area contributed by atoms with E-state index in [0.717, 1.165) is 47.9 Å². The first-order chi connectivity index (χ1) is 13.1. The number of ether oxygens (including phenoxy) is 1. The van der Waals surface area contributed by atoms with Gasteiger partial charge in [-0.25, -0.2) is 9.78 Å². The van der Waals surface area contributed by atoms with Crippen LogP contribution in [0.3, 0.4) is 0 Å². The van der Waals surface area contributed by atoms with Gasteiger partial charge in [-0.3, -0.25) is 0 Å². The van der Waals surface area contributed by atoms with E-state index in [4.69, 9.17) is 9.72 Å². The predicted molar refractivity (Wildman–Crippen MR) is 103 cm³/mol. The summed E-state index contributed by atoms with van der Waals surface area (Å²) in [5, 5.41) is 3.59. The van der Waals surface area contributed by atoms with E-state index < -0.39 is 0 Å². The molecule has 1 unspecified atom stereocenters.